The predicted molar refractivity (Wildman–Crippen MR) is 103 cm³/mol. The molecular weight excluding hydrogens is 357 g/mol. The van der Waals surface area contributed by atoms with Crippen LogP contribution in [0.1, 0.15) is 31.4 Å². The summed E-state index contributed by atoms with van der Waals surface area (Å²) < 4.78 is 0. The van der Waals surface area contributed by atoms with E-state index in [4.69, 9.17) is 23.2 Å². The molecule has 0 spiro atoms. The SMILES string of the molecule is Cc1cc(N2CCN(C3CCNC4CC(Cl)CCC43)CC2)nc(Cl)n1. The summed E-state index contributed by atoms with van der Waals surface area (Å²) in [6.07, 6.45) is 4.81. The van der Waals surface area contributed by atoms with Gasteiger partial charge in [-0.1, -0.05) is 0 Å². The Morgan fingerprint density at radius 2 is 1.92 bits per heavy atom. The van der Waals surface area contributed by atoms with Gasteiger partial charge in [0.2, 0.25) is 5.28 Å². The summed E-state index contributed by atoms with van der Waals surface area (Å²) in [6, 6.07) is 3.34. The lowest BCUT2D eigenvalue weighted by atomic mass is 9.75. The second-order valence-electron chi connectivity index (χ2n) is 7.65. The lowest BCUT2D eigenvalue weighted by Crippen LogP contribution is -2.60. The fourth-order valence-electron chi connectivity index (χ4n) is 4.88. The van der Waals surface area contributed by atoms with Gasteiger partial charge in [0.05, 0.1) is 0 Å². The van der Waals surface area contributed by atoms with Gasteiger partial charge in [0, 0.05) is 55.4 Å². The van der Waals surface area contributed by atoms with Gasteiger partial charge in [0.15, 0.2) is 0 Å². The topological polar surface area (TPSA) is 44.3 Å². The van der Waals surface area contributed by atoms with E-state index < -0.39 is 0 Å². The minimum absolute atomic E-state index is 0.344. The van der Waals surface area contributed by atoms with Crippen molar-refractivity contribution in [1.29, 1.82) is 0 Å². The molecule has 1 saturated carbocycles. The van der Waals surface area contributed by atoms with Gasteiger partial charge in [-0.2, -0.15) is 0 Å². The molecule has 1 aliphatic carbocycles. The van der Waals surface area contributed by atoms with Crippen molar-refractivity contribution in [3.8, 4) is 0 Å². The van der Waals surface area contributed by atoms with E-state index in [1.807, 2.05) is 13.0 Å². The molecule has 7 heteroatoms. The Labute approximate surface area is 160 Å². The molecule has 4 rings (SSSR count). The number of aromatic nitrogens is 2. The quantitative estimate of drug-likeness (QED) is 0.628. The minimum atomic E-state index is 0.344. The van der Waals surface area contributed by atoms with Gasteiger partial charge >= 0.3 is 0 Å². The zero-order chi connectivity index (χ0) is 17.4. The summed E-state index contributed by atoms with van der Waals surface area (Å²) in [5, 5.41) is 4.41. The van der Waals surface area contributed by atoms with Gasteiger partial charge in [-0.15, -0.1) is 11.6 Å². The van der Waals surface area contributed by atoms with E-state index in [1.54, 1.807) is 0 Å². The van der Waals surface area contributed by atoms with Crippen molar-refractivity contribution in [2.45, 2.75) is 50.1 Å². The smallest absolute Gasteiger partial charge is 0.224 e. The van der Waals surface area contributed by atoms with E-state index in [0.717, 1.165) is 56.6 Å². The molecule has 4 atom stereocenters. The van der Waals surface area contributed by atoms with Crippen molar-refractivity contribution in [1.82, 2.24) is 20.2 Å². The summed E-state index contributed by atoms with van der Waals surface area (Å²) in [5.41, 5.74) is 0.927. The number of aryl methyl sites for hydroxylation is 1. The highest BCUT2D eigenvalue weighted by molar-refractivity contribution is 6.28. The Morgan fingerprint density at radius 1 is 1.12 bits per heavy atom. The molecule has 1 aromatic heterocycles. The maximum atomic E-state index is 6.40. The fourth-order valence-corrected chi connectivity index (χ4v) is 5.42. The Morgan fingerprint density at radius 3 is 2.68 bits per heavy atom. The molecule has 1 N–H and O–H groups in total. The molecule has 2 saturated heterocycles. The van der Waals surface area contributed by atoms with Crippen LogP contribution in [0.25, 0.3) is 0 Å². The van der Waals surface area contributed by atoms with Gasteiger partial charge in [0.25, 0.3) is 0 Å². The molecule has 1 aromatic rings. The van der Waals surface area contributed by atoms with E-state index >= 15 is 0 Å². The van der Waals surface area contributed by atoms with Crippen molar-refractivity contribution in [3.05, 3.63) is 17.0 Å². The van der Waals surface area contributed by atoms with Gasteiger partial charge in [-0.3, -0.25) is 4.90 Å². The van der Waals surface area contributed by atoms with Crippen LogP contribution in [0.15, 0.2) is 6.07 Å². The van der Waals surface area contributed by atoms with Crippen molar-refractivity contribution >= 4 is 29.0 Å². The number of nitrogens with one attached hydrogen (secondary N) is 1. The molecule has 0 amide bonds. The van der Waals surface area contributed by atoms with Gasteiger partial charge in [-0.05, 0) is 56.7 Å². The molecule has 0 bridgehead atoms. The second-order valence-corrected chi connectivity index (χ2v) is 8.61. The molecule has 0 radical (unpaired) electrons. The highest BCUT2D eigenvalue weighted by Gasteiger charge is 2.40. The van der Waals surface area contributed by atoms with Gasteiger partial charge in [-0.25, -0.2) is 9.97 Å². The van der Waals surface area contributed by atoms with Crippen molar-refractivity contribution in [2.24, 2.45) is 5.92 Å². The van der Waals surface area contributed by atoms with Crippen LogP contribution < -0.4 is 10.2 Å². The predicted octanol–water partition coefficient (Wildman–Crippen LogP) is 2.70. The van der Waals surface area contributed by atoms with E-state index in [1.165, 1.54) is 19.3 Å². The van der Waals surface area contributed by atoms with Crippen LogP contribution in [0.4, 0.5) is 5.82 Å². The van der Waals surface area contributed by atoms with Crippen LogP contribution in [0.2, 0.25) is 5.28 Å². The summed E-state index contributed by atoms with van der Waals surface area (Å²) >= 11 is 12.4. The average molecular weight is 384 g/mol. The summed E-state index contributed by atoms with van der Waals surface area (Å²) in [7, 11) is 0. The zero-order valence-electron chi connectivity index (χ0n) is 14.8. The normalized spacial score (nSPS) is 34.0. The number of hydrogen-bond acceptors (Lipinski definition) is 5. The van der Waals surface area contributed by atoms with Crippen LogP contribution in [0.5, 0.6) is 0 Å². The maximum Gasteiger partial charge on any atom is 0.224 e. The number of halogens is 2. The number of nitrogens with zero attached hydrogens (tertiary/aromatic N) is 4. The van der Waals surface area contributed by atoms with Crippen LogP contribution in [0, 0.1) is 12.8 Å². The molecule has 0 aromatic carbocycles. The van der Waals surface area contributed by atoms with Crippen LogP contribution in [-0.2, 0) is 0 Å². The second kappa shape index (κ2) is 7.55. The number of piperazine rings is 1. The first-order valence-electron chi connectivity index (χ1n) is 9.48. The van der Waals surface area contributed by atoms with Crippen molar-refractivity contribution < 1.29 is 0 Å². The summed E-state index contributed by atoms with van der Waals surface area (Å²) in [4.78, 5) is 13.6. The number of fused-ring (bicyclic) bond motifs is 1. The van der Waals surface area contributed by atoms with Crippen molar-refractivity contribution in [3.63, 3.8) is 0 Å². The van der Waals surface area contributed by atoms with E-state index in [2.05, 4.69) is 25.1 Å². The Hall–Kier alpha value is -0.620. The van der Waals surface area contributed by atoms with E-state index in [9.17, 15) is 0 Å². The molecule has 3 fully saturated rings. The van der Waals surface area contributed by atoms with E-state index in [0.29, 0.717) is 22.7 Å². The molecule has 5 nitrogen and oxygen atoms in total. The number of anilines is 1. The lowest BCUT2D eigenvalue weighted by Gasteiger charge is -2.49. The molecular formula is C18H27Cl2N5. The fraction of sp³-hybridized carbons (Fsp3) is 0.778. The Kier molecular flexibility index (Phi) is 5.37. The summed E-state index contributed by atoms with van der Waals surface area (Å²) in [6.45, 7) is 7.29. The largest absolute Gasteiger partial charge is 0.354 e. The third kappa shape index (κ3) is 3.90. The van der Waals surface area contributed by atoms with Gasteiger partial charge < -0.3 is 10.2 Å². The highest BCUT2D eigenvalue weighted by Crippen LogP contribution is 2.36. The Bertz CT molecular complexity index is 585. The first-order valence-corrected chi connectivity index (χ1v) is 10.3. The first-order chi connectivity index (χ1) is 12.1. The van der Waals surface area contributed by atoms with Crippen LogP contribution in [-0.4, -0.2) is 65.1 Å². The number of alkyl halides is 1. The number of piperidine rings is 1. The van der Waals surface area contributed by atoms with Crippen LogP contribution >= 0.6 is 23.2 Å². The standard InChI is InChI=1S/C18H27Cl2N5/c1-12-10-17(23-18(20)22-12)25-8-6-24(7-9-25)16-4-5-21-15-11-13(19)2-3-14(15)16/h10,13-16,21H,2-9,11H2,1H3. The minimum Gasteiger partial charge on any atom is -0.354 e. The Balaban J connectivity index is 1.39. The molecule has 138 valence electrons. The number of rotatable bonds is 2. The van der Waals surface area contributed by atoms with Gasteiger partial charge in [0.1, 0.15) is 5.82 Å². The number of hydrogen-bond donors (Lipinski definition) is 1. The van der Waals surface area contributed by atoms with E-state index in [-0.39, 0.29) is 0 Å². The van der Waals surface area contributed by atoms with Crippen molar-refractivity contribution in [2.75, 3.05) is 37.6 Å². The third-order valence-corrected chi connectivity index (χ3v) is 6.67. The molecule has 3 heterocycles. The zero-order valence-corrected chi connectivity index (χ0v) is 16.3. The monoisotopic (exact) mass is 383 g/mol. The molecule has 25 heavy (non-hydrogen) atoms. The molecule has 3 aliphatic rings. The summed E-state index contributed by atoms with van der Waals surface area (Å²) in [5.74, 6) is 1.72. The average Bonchev–Trinajstić information content (AvgIpc) is 2.60. The lowest BCUT2D eigenvalue weighted by molar-refractivity contribution is 0.0594. The molecule has 4 unspecified atom stereocenters. The highest BCUT2D eigenvalue weighted by atomic mass is 35.5. The maximum absolute atomic E-state index is 6.40. The third-order valence-electron chi connectivity index (χ3n) is 6.10. The molecule has 2 aliphatic heterocycles. The van der Waals surface area contributed by atoms with Crippen LogP contribution in [0.3, 0.4) is 0 Å². The first kappa shape index (κ1) is 17.8.